The van der Waals surface area contributed by atoms with E-state index in [4.69, 9.17) is 22.0 Å². The number of halogens is 1. The molecule has 1 aromatic rings. The molecule has 0 saturated carbocycles. The predicted octanol–water partition coefficient (Wildman–Crippen LogP) is 1.92. The number of hydrogen-bond donors (Lipinski definition) is 1. The Bertz CT molecular complexity index is 449. The number of carbonyl (C=O) groups is 1. The van der Waals surface area contributed by atoms with Crippen molar-refractivity contribution < 1.29 is 9.90 Å². The third kappa shape index (κ3) is 1.54. The summed E-state index contributed by atoms with van der Waals surface area (Å²) in [7, 11) is 0. The zero-order valence-corrected chi connectivity index (χ0v) is 8.38. The molecule has 0 aliphatic rings. The molecule has 1 aromatic heterocycles. The quantitative estimate of drug-likeness (QED) is 0.769. The Balaban J connectivity index is 3.58. The van der Waals surface area contributed by atoms with E-state index in [1.165, 1.54) is 0 Å². The van der Waals surface area contributed by atoms with Crippen molar-refractivity contribution in [3.8, 4) is 6.07 Å². The topological polar surface area (TPSA) is 74.0 Å². The van der Waals surface area contributed by atoms with Gasteiger partial charge in [0.2, 0.25) is 0 Å². The Morgan fingerprint density at radius 2 is 2.14 bits per heavy atom. The molecule has 1 N–H and O–H groups in total. The van der Waals surface area contributed by atoms with Crippen LogP contribution in [0.25, 0.3) is 0 Å². The maximum atomic E-state index is 10.7. The lowest BCUT2D eigenvalue weighted by Gasteiger charge is -2.06. The van der Waals surface area contributed by atoms with Crippen LogP contribution in [0.2, 0.25) is 5.02 Å². The van der Waals surface area contributed by atoms with E-state index in [0.717, 1.165) is 0 Å². The van der Waals surface area contributed by atoms with Gasteiger partial charge in [-0.05, 0) is 19.4 Å². The average molecular weight is 211 g/mol. The Kier molecular flexibility index (Phi) is 2.73. The van der Waals surface area contributed by atoms with E-state index >= 15 is 0 Å². The SMILES string of the molecule is Cc1nc(C(=O)O)c(Cl)c(C)c1C#N. The molecule has 0 spiro atoms. The van der Waals surface area contributed by atoms with E-state index in [2.05, 4.69) is 4.98 Å². The zero-order valence-electron chi connectivity index (χ0n) is 7.63. The fourth-order valence-electron chi connectivity index (χ4n) is 1.14. The summed E-state index contributed by atoms with van der Waals surface area (Å²) < 4.78 is 0. The van der Waals surface area contributed by atoms with Gasteiger partial charge >= 0.3 is 5.97 Å². The van der Waals surface area contributed by atoms with Crippen LogP contribution in [0.3, 0.4) is 0 Å². The molecule has 4 nitrogen and oxygen atoms in total. The lowest BCUT2D eigenvalue weighted by atomic mass is 10.1. The number of hydrogen-bond acceptors (Lipinski definition) is 3. The minimum absolute atomic E-state index is 0.0275. The monoisotopic (exact) mass is 210 g/mol. The summed E-state index contributed by atoms with van der Waals surface area (Å²) in [6, 6.07) is 1.93. The molecular weight excluding hydrogens is 204 g/mol. The van der Waals surface area contributed by atoms with E-state index in [1.807, 2.05) is 6.07 Å². The van der Waals surface area contributed by atoms with Crippen LogP contribution < -0.4 is 0 Å². The molecule has 0 aliphatic heterocycles. The van der Waals surface area contributed by atoms with Gasteiger partial charge in [-0.15, -0.1) is 0 Å². The first-order valence-corrected chi connectivity index (χ1v) is 4.17. The second-order valence-electron chi connectivity index (χ2n) is 2.78. The molecule has 72 valence electrons. The van der Waals surface area contributed by atoms with E-state index in [-0.39, 0.29) is 10.7 Å². The van der Waals surface area contributed by atoms with E-state index < -0.39 is 5.97 Å². The summed E-state index contributed by atoms with van der Waals surface area (Å²) in [4.78, 5) is 14.4. The number of aryl methyl sites for hydroxylation is 1. The van der Waals surface area contributed by atoms with Gasteiger partial charge in [0.05, 0.1) is 16.3 Å². The van der Waals surface area contributed by atoms with Gasteiger partial charge in [0.1, 0.15) is 6.07 Å². The lowest BCUT2D eigenvalue weighted by Crippen LogP contribution is -2.06. The van der Waals surface area contributed by atoms with Gasteiger partial charge in [0.15, 0.2) is 5.69 Å². The van der Waals surface area contributed by atoms with Crippen molar-refractivity contribution in [1.29, 1.82) is 5.26 Å². The number of carboxylic acid groups (broad SMARTS) is 1. The van der Waals surface area contributed by atoms with E-state index in [0.29, 0.717) is 16.8 Å². The van der Waals surface area contributed by atoms with Crippen molar-refractivity contribution in [2.24, 2.45) is 0 Å². The number of rotatable bonds is 1. The lowest BCUT2D eigenvalue weighted by molar-refractivity contribution is 0.0690. The Hall–Kier alpha value is -1.60. The second-order valence-corrected chi connectivity index (χ2v) is 3.15. The Labute approximate surface area is 85.8 Å². The van der Waals surface area contributed by atoms with Crippen LogP contribution in [0.1, 0.15) is 27.3 Å². The van der Waals surface area contributed by atoms with E-state index in [1.54, 1.807) is 13.8 Å². The highest BCUT2D eigenvalue weighted by Crippen LogP contribution is 2.23. The number of aromatic nitrogens is 1. The van der Waals surface area contributed by atoms with Gasteiger partial charge in [0.25, 0.3) is 0 Å². The van der Waals surface area contributed by atoms with Crippen LogP contribution in [0.15, 0.2) is 0 Å². The minimum atomic E-state index is -1.19. The number of nitrogens with zero attached hydrogens (tertiary/aromatic N) is 2. The number of carboxylic acids is 1. The molecule has 1 heterocycles. The third-order valence-electron chi connectivity index (χ3n) is 1.87. The molecule has 0 aromatic carbocycles. The van der Waals surface area contributed by atoms with Crippen LogP contribution in [-0.4, -0.2) is 16.1 Å². The number of nitriles is 1. The normalized spacial score (nSPS) is 9.57. The molecule has 1 rings (SSSR count). The van der Waals surface area contributed by atoms with Gasteiger partial charge in [-0.2, -0.15) is 5.26 Å². The summed E-state index contributed by atoms with van der Waals surface area (Å²) in [5.41, 5.74) is 0.964. The van der Waals surface area contributed by atoms with Crippen LogP contribution in [0.5, 0.6) is 0 Å². The van der Waals surface area contributed by atoms with Crippen LogP contribution >= 0.6 is 11.6 Å². The molecular formula is C9H7ClN2O2. The molecule has 0 unspecified atom stereocenters. The smallest absolute Gasteiger partial charge is 0.356 e. The highest BCUT2D eigenvalue weighted by Gasteiger charge is 2.17. The van der Waals surface area contributed by atoms with Gasteiger partial charge in [-0.25, -0.2) is 9.78 Å². The summed E-state index contributed by atoms with van der Waals surface area (Å²) in [5.74, 6) is -1.19. The standard InChI is InChI=1S/C9H7ClN2O2/c1-4-6(3-11)5(2)12-8(7(4)10)9(13)14/h1-2H3,(H,13,14). The molecule has 0 aliphatic carbocycles. The molecule has 0 bridgehead atoms. The van der Waals surface area contributed by atoms with Crippen molar-refractivity contribution in [3.05, 3.63) is 27.5 Å². The minimum Gasteiger partial charge on any atom is -0.476 e. The maximum absolute atomic E-state index is 10.7. The van der Waals surface area contributed by atoms with Gasteiger partial charge < -0.3 is 5.11 Å². The van der Waals surface area contributed by atoms with Crippen molar-refractivity contribution in [3.63, 3.8) is 0 Å². The van der Waals surface area contributed by atoms with Gasteiger partial charge in [-0.1, -0.05) is 11.6 Å². The third-order valence-corrected chi connectivity index (χ3v) is 2.33. The van der Waals surface area contributed by atoms with Crippen molar-refractivity contribution >= 4 is 17.6 Å². The molecule has 14 heavy (non-hydrogen) atoms. The van der Waals surface area contributed by atoms with Gasteiger partial charge in [-0.3, -0.25) is 0 Å². The van der Waals surface area contributed by atoms with Crippen molar-refractivity contribution in [2.45, 2.75) is 13.8 Å². The molecule has 0 fully saturated rings. The van der Waals surface area contributed by atoms with Crippen LogP contribution in [0, 0.1) is 25.2 Å². The summed E-state index contributed by atoms with van der Waals surface area (Å²) >= 11 is 5.75. The number of aromatic carboxylic acids is 1. The summed E-state index contributed by atoms with van der Waals surface area (Å²) in [5, 5.41) is 17.5. The maximum Gasteiger partial charge on any atom is 0.356 e. The fraction of sp³-hybridized carbons (Fsp3) is 0.222. The fourth-order valence-corrected chi connectivity index (χ4v) is 1.36. The first-order valence-electron chi connectivity index (χ1n) is 3.79. The second kappa shape index (κ2) is 3.64. The number of pyridine rings is 1. The van der Waals surface area contributed by atoms with E-state index in [9.17, 15) is 4.79 Å². The first-order chi connectivity index (χ1) is 6.49. The highest BCUT2D eigenvalue weighted by molar-refractivity contribution is 6.34. The Morgan fingerprint density at radius 3 is 2.57 bits per heavy atom. The molecule has 0 atom stereocenters. The summed E-state index contributed by atoms with van der Waals surface area (Å²) in [6.07, 6.45) is 0. The predicted molar refractivity (Wildman–Crippen MR) is 50.4 cm³/mol. The molecule has 0 amide bonds. The van der Waals surface area contributed by atoms with Gasteiger partial charge in [0, 0.05) is 0 Å². The summed E-state index contributed by atoms with van der Waals surface area (Å²) in [6.45, 7) is 3.18. The first kappa shape index (κ1) is 10.5. The average Bonchev–Trinajstić information content (AvgIpc) is 2.12. The van der Waals surface area contributed by atoms with Crippen LogP contribution in [0.4, 0.5) is 0 Å². The van der Waals surface area contributed by atoms with Crippen LogP contribution in [-0.2, 0) is 0 Å². The molecule has 5 heteroatoms. The zero-order chi connectivity index (χ0) is 10.9. The van der Waals surface area contributed by atoms with Crippen molar-refractivity contribution in [2.75, 3.05) is 0 Å². The largest absolute Gasteiger partial charge is 0.476 e. The molecule has 0 saturated heterocycles. The van der Waals surface area contributed by atoms with Crippen molar-refractivity contribution in [1.82, 2.24) is 4.98 Å². The Morgan fingerprint density at radius 1 is 1.57 bits per heavy atom. The molecule has 0 radical (unpaired) electrons. The highest BCUT2D eigenvalue weighted by atomic mass is 35.5.